The number of hydrogen-bond acceptors (Lipinski definition) is 4. The standard InChI is InChI=1S/C13H21N3O/c1-10-7-13(17-2)8-11(15-10)9-16(6-5-14)12-3-4-12/h7-8,12H,3-6,9,14H2,1-2H3. The molecule has 0 aromatic carbocycles. The summed E-state index contributed by atoms with van der Waals surface area (Å²) in [6.45, 7) is 4.53. The Morgan fingerprint density at radius 3 is 2.82 bits per heavy atom. The summed E-state index contributed by atoms with van der Waals surface area (Å²) >= 11 is 0. The maximum Gasteiger partial charge on any atom is 0.122 e. The number of pyridine rings is 1. The number of nitrogens with zero attached hydrogens (tertiary/aromatic N) is 2. The smallest absolute Gasteiger partial charge is 0.122 e. The van der Waals surface area contributed by atoms with Crippen molar-refractivity contribution >= 4 is 0 Å². The number of aromatic nitrogens is 1. The molecule has 1 heterocycles. The molecule has 1 fully saturated rings. The SMILES string of the molecule is COc1cc(C)nc(CN(CCN)C2CC2)c1. The van der Waals surface area contributed by atoms with E-state index in [0.717, 1.165) is 30.2 Å². The summed E-state index contributed by atoms with van der Waals surface area (Å²) in [5.41, 5.74) is 7.72. The van der Waals surface area contributed by atoms with Crippen LogP contribution in [0.15, 0.2) is 12.1 Å². The van der Waals surface area contributed by atoms with E-state index in [4.69, 9.17) is 10.5 Å². The van der Waals surface area contributed by atoms with Crippen molar-refractivity contribution in [2.45, 2.75) is 32.4 Å². The van der Waals surface area contributed by atoms with Crippen molar-refractivity contribution in [3.05, 3.63) is 23.5 Å². The second-order valence-corrected chi connectivity index (χ2v) is 4.63. The van der Waals surface area contributed by atoms with Crippen LogP contribution in [0.3, 0.4) is 0 Å². The predicted octanol–water partition coefficient (Wildman–Crippen LogP) is 1.32. The lowest BCUT2D eigenvalue weighted by Gasteiger charge is -2.21. The van der Waals surface area contributed by atoms with Gasteiger partial charge in [-0.1, -0.05) is 0 Å². The minimum Gasteiger partial charge on any atom is -0.497 e. The fourth-order valence-electron chi connectivity index (χ4n) is 2.11. The van der Waals surface area contributed by atoms with Crippen LogP contribution in [0, 0.1) is 6.92 Å². The third-order valence-corrected chi connectivity index (χ3v) is 3.06. The number of hydrogen-bond donors (Lipinski definition) is 1. The molecule has 0 unspecified atom stereocenters. The maximum atomic E-state index is 5.65. The third-order valence-electron chi connectivity index (χ3n) is 3.06. The van der Waals surface area contributed by atoms with Crippen molar-refractivity contribution in [3.63, 3.8) is 0 Å². The molecule has 17 heavy (non-hydrogen) atoms. The van der Waals surface area contributed by atoms with Gasteiger partial charge in [0.15, 0.2) is 0 Å². The van der Waals surface area contributed by atoms with Crippen molar-refractivity contribution < 1.29 is 4.74 Å². The molecule has 1 saturated carbocycles. The van der Waals surface area contributed by atoms with E-state index in [1.165, 1.54) is 12.8 Å². The minimum atomic E-state index is 0.708. The van der Waals surface area contributed by atoms with Crippen LogP contribution in [0.5, 0.6) is 5.75 Å². The summed E-state index contributed by atoms with van der Waals surface area (Å²) in [6.07, 6.45) is 2.59. The highest BCUT2D eigenvalue weighted by atomic mass is 16.5. The van der Waals surface area contributed by atoms with E-state index < -0.39 is 0 Å². The molecule has 1 aliphatic rings. The first kappa shape index (κ1) is 12.3. The van der Waals surface area contributed by atoms with Crippen LogP contribution in [0.25, 0.3) is 0 Å². The minimum absolute atomic E-state index is 0.708. The Bertz CT molecular complexity index is 377. The molecule has 0 bridgehead atoms. The summed E-state index contributed by atoms with van der Waals surface area (Å²) < 4.78 is 5.27. The summed E-state index contributed by atoms with van der Waals surface area (Å²) in [7, 11) is 1.69. The van der Waals surface area contributed by atoms with Crippen LogP contribution >= 0.6 is 0 Å². The quantitative estimate of drug-likeness (QED) is 0.808. The number of ether oxygens (including phenoxy) is 1. The average molecular weight is 235 g/mol. The second-order valence-electron chi connectivity index (χ2n) is 4.63. The van der Waals surface area contributed by atoms with E-state index in [1.807, 2.05) is 19.1 Å². The molecule has 1 aliphatic carbocycles. The molecule has 0 atom stereocenters. The van der Waals surface area contributed by atoms with Gasteiger partial charge in [-0.3, -0.25) is 9.88 Å². The molecule has 0 saturated heterocycles. The van der Waals surface area contributed by atoms with Gasteiger partial charge < -0.3 is 10.5 Å². The van der Waals surface area contributed by atoms with Gasteiger partial charge in [0.05, 0.1) is 12.8 Å². The first-order chi connectivity index (χ1) is 8.22. The molecule has 2 N–H and O–H groups in total. The summed E-state index contributed by atoms with van der Waals surface area (Å²) in [6, 6.07) is 4.68. The first-order valence-electron chi connectivity index (χ1n) is 6.18. The van der Waals surface area contributed by atoms with Crippen LogP contribution in [-0.4, -0.2) is 36.1 Å². The topological polar surface area (TPSA) is 51.4 Å². The van der Waals surface area contributed by atoms with Gasteiger partial charge in [0.25, 0.3) is 0 Å². The van der Waals surface area contributed by atoms with Crippen molar-refractivity contribution in [3.8, 4) is 5.75 Å². The lowest BCUT2D eigenvalue weighted by Crippen LogP contribution is -2.31. The highest BCUT2D eigenvalue weighted by Gasteiger charge is 2.28. The van der Waals surface area contributed by atoms with E-state index in [9.17, 15) is 0 Å². The molecule has 4 nitrogen and oxygen atoms in total. The molecule has 4 heteroatoms. The van der Waals surface area contributed by atoms with E-state index >= 15 is 0 Å². The van der Waals surface area contributed by atoms with E-state index in [1.54, 1.807) is 7.11 Å². The van der Waals surface area contributed by atoms with Crippen molar-refractivity contribution in [2.75, 3.05) is 20.2 Å². The van der Waals surface area contributed by atoms with Gasteiger partial charge >= 0.3 is 0 Å². The first-order valence-corrected chi connectivity index (χ1v) is 6.18. The largest absolute Gasteiger partial charge is 0.497 e. The van der Waals surface area contributed by atoms with Gasteiger partial charge in [-0.05, 0) is 19.8 Å². The normalized spacial score (nSPS) is 15.3. The molecule has 0 aliphatic heterocycles. The van der Waals surface area contributed by atoms with E-state index in [2.05, 4.69) is 9.88 Å². The van der Waals surface area contributed by atoms with Crippen molar-refractivity contribution in [1.29, 1.82) is 0 Å². The van der Waals surface area contributed by atoms with Gasteiger partial charge in [-0.25, -0.2) is 0 Å². The van der Waals surface area contributed by atoms with Gasteiger partial charge in [-0.15, -0.1) is 0 Å². The number of aryl methyl sites for hydroxylation is 1. The molecule has 94 valence electrons. The summed E-state index contributed by atoms with van der Waals surface area (Å²) in [4.78, 5) is 6.97. The van der Waals surface area contributed by atoms with E-state index in [-0.39, 0.29) is 0 Å². The fourth-order valence-corrected chi connectivity index (χ4v) is 2.11. The third kappa shape index (κ3) is 3.41. The summed E-state index contributed by atoms with van der Waals surface area (Å²) in [5, 5.41) is 0. The van der Waals surface area contributed by atoms with Crippen LogP contribution < -0.4 is 10.5 Å². The van der Waals surface area contributed by atoms with Gasteiger partial charge in [0.2, 0.25) is 0 Å². The Labute approximate surface area is 103 Å². The molecule has 1 aromatic heterocycles. The summed E-state index contributed by atoms with van der Waals surface area (Å²) in [5.74, 6) is 0.885. The Morgan fingerprint density at radius 2 is 2.24 bits per heavy atom. The molecule has 2 rings (SSSR count). The van der Waals surface area contributed by atoms with E-state index in [0.29, 0.717) is 12.6 Å². The molecular formula is C13H21N3O. The number of methoxy groups -OCH3 is 1. The fraction of sp³-hybridized carbons (Fsp3) is 0.615. The molecule has 0 amide bonds. The highest BCUT2D eigenvalue weighted by molar-refractivity contribution is 5.26. The van der Waals surface area contributed by atoms with Gasteiger partial charge in [0.1, 0.15) is 5.75 Å². The predicted molar refractivity (Wildman–Crippen MR) is 68.0 cm³/mol. The Balaban J connectivity index is 2.07. The van der Waals surface area contributed by atoms with Crippen molar-refractivity contribution in [2.24, 2.45) is 5.73 Å². The molecule has 0 radical (unpaired) electrons. The van der Waals surface area contributed by atoms with Crippen molar-refractivity contribution in [1.82, 2.24) is 9.88 Å². The highest BCUT2D eigenvalue weighted by Crippen LogP contribution is 2.28. The van der Waals surface area contributed by atoms with Gasteiger partial charge in [-0.2, -0.15) is 0 Å². The Hall–Kier alpha value is -1.13. The molecule has 0 spiro atoms. The van der Waals surface area contributed by atoms with Crippen LogP contribution in [-0.2, 0) is 6.54 Å². The molecular weight excluding hydrogens is 214 g/mol. The maximum absolute atomic E-state index is 5.65. The lowest BCUT2D eigenvalue weighted by molar-refractivity contribution is 0.258. The van der Waals surface area contributed by atoms with Crippen LogP contribution in [0.1, 0.15) is 24.2 Å². The zero-order chi connectivity index (χ0) is 12.3. The monoisotopic (exact) mass is 235 g/mol. The van der Waals surface area contributed by atoms with Gasteiger partial charge in [0, 0.05) is 43.5 Å². The second kappa shape index (κ2) is 5.47. The lowest BCUT2D eigenvalue weighted by atomic mass is 10.2. The van der Waals surface area contributed by atoms with Crippen LogP contribution in [0.2, 0.25) is 0 Å². The zero-order valence-corrected chi connectivity index (χ0v) is 10.6. The molecule has 1 aromatic rings. The number of rotatable bonds is 6. The zero-order valence-electron chi connectivity index (χ0n) is 10.6. The number of nitrogens with two attached hydrogens (primary N) is 1. The Kier molecular flexibility index (Phi) is 3.97. The van der Waals surface area contributed by atoms with Crippen LogP contribution in [0.4, 0.5) is 0 Å². The average Bonchev–Trinajstić information content (AvgIpc) is 3.11. The Morgan fingerprint density at radius 1 is 1.47 bits per heavy atom.